The van der Waals surface area contributed by atoms with E-state index in [4.69, 9.17) is 4.74 Å². The summed E-state index contributed by atoms with van der Waals surface area (Å²) in [6.07, 6.45) is 0.0730. The fraction of sp³-hybridized carbons (Fsp3) is 0.300. The fourth-order valence-corrected chi connectivity index (χ4v) is 2.97. The Labute approximate surface area is 158 Å². The average molecular weight is 372 g/mol. The zero-order chi connectivity index (χ0) is 18.9. The molecule has 0 saturated heterocycles. The predicted octanol–water partition coefficient (Wildman–Crippen LogP) is 3.56. The number of thioether (sulfide) groups is 1. The Bertz CT molecular complexity index is 718. The summed E-state index contributed by atoms with van der Waals surface area (Å²) in [5.74, 6) is 0.834. The number of rotatable bonds is 7. The molecule has 2 aromatic carbocycles. The molecule has 0 heterocycles. The van der Waals surface area contributed by atoms with Gasteiger partial charge < -0.3 is 4.74 Å². The Morgan fingerprint density at radius 2 is 1.62 bits per heavy atom. The molecule has 138 valence electrons. The molecule has 0 aliphatic rings. The molecule has 0 bridgehead atoms. The van der Waals surface area contributed by atoms with Crippen molar-refractivity contribution < 1.29 is 14.3 Å². The fourth-order valence-electron chi connectivity index (χ4n) is 2.12. The highest BCUT2D eigenvalue weighted by molar-refractivity contribution is 7.99. The number of hydrazine groups is 1. The number of ether oxygens (including phenoxy) is 1. The van der Waals surface area contributed by atoms with Crippen molar-refractivity contribution in [3.05, 3.63) is 65.7 Å². The van der Waals surface area contributed by atoms with Crippen LogP contribution >= 0.6 is 11.8 Å². The van der Waals surface area contributed by atoms with Gasteiger partial charge in [0.25, 0.3) is 11.8 Å². The second-order valence-electron chi connectivity index (χ2n) is 6.07. The second-order valence-corrected chi connectivity index (χ2v) is 7.40. The first-order valence-corrected chi connectivity index (χ1v) is 9.53. The van der Waals surface area contributed by atoms with E-state index in [1.807, 2.05) is 51.1 Å². The van der Waals surface area contributed by atoms with Gasteiger partial charge in [0, 0.05) is 11.3 Å². The van der Waals surface area contributed by atoms with Gasteiger partial charge in [-0.15, -0.1) is 11.8 Å². The van der Waals surface area contributed by atoms with Gasteiger partial charge in [-0.1, -0.05) is 30.3 Å². The van der Waals surface area contributed by atoms with E-state index in [-0.39, 0.29) is 23.2 Å². The van der Waals surface area contributed by atoms with Gasteiger partial charge in [0.15, 0.2) is 0 Å². The molecular weight excluding hydrogens is 348 g/mol. The Balaban J connectivity index is 1.77. The Morgan fingerprint density at radius 1 is 0.962 bits per heavy atom. The van der Waals surface area contributed by atoms with Crippen LogP contribution in [0.5, 0.6) is 5.75 Å². The molecule has 5 nitrogen and oxygen atoms in total. The van der Waals surface area contributed by atoms with Gasteiger partial charge in [0.2, 0.25) is 0 Å². The van der Waals surface area contributed by atoms with Crippen LogP contribution in [0.1, 0.15) is 36.7 Å². The van der Waals surface area contributed by atoms with E-state index in [1.165, 1.54) is 11.8 Å². The van der Waals surface area contributed by atoms with Gasteiger partial charge in [-0.3, -0.25) is 20.4 Å². The highest BCUT2D eigenvalue weighted by Gasteiger charge is 2.15. The van der Waals surface area contributed by atoms with E-state index in [0.717, 1.165) is 11.3 Å². The number of amides is 2. The molecule has 2 amide bonds. The van der Waals surface area contributed by atoms with Crippen LogP contribution in [0.15, 0.2) is 54.6 Å². The molecule has 2 rings (SSSR count). The van der Waals surface area contributed by atoms with Crippen molar-refractivity contribution in [2.45, 2.75) is 37.9 Å². The summed E-state index contributed by atoms with van der Waals surface area (Å²) >= 11 is 1.51. The van der Waals surface area contributed by atoms with Gasteiger partial charge in [0.1, 0.15) is 5.75 Å². The summed E-state index contributed by atoms with van der Waals surface area (Å²) in [4.78, 5) is 24.2. The lowest BCUT2D eigenvalue weighted by Crippen LogP contribution is -2.44. The Morgan fingerprint density at radius 3 is 2.23 bits per heavy atom. The average Bonchev–Trinajstić information content (AvgIpc) is 2.64. The van der Waals surface area contributed by atoms with Crippen LogP contribution in [0.25, 0.3) is 0 Å². The Kier molecular flexibility index (Phi) is 7.53. The van der Waals surface area contributed by atoms with Crippen LogP contribution < -0.4 is 15.6 Å². The van der Waals surface area contributed by atoms with Gasteiger partial charge in [-0.25, -0.2) is 0 Å². The number of carbonyl (C=O) groups is 2. The number of hydrogen-bond acceptors (Lipinski definition) is 4. The van der Waals surface area contributed by atoms with Gasteiger partial charge in [0.05, 0.1) is 11.4 Å². The lowest BCUT2D eigenvalue weighted by atomic mass is 10.2. The van der Waals surface area contributed by atoms with Gasteiger partial charge in [-0.05, 0) is 50.6 Å². The monoisotopic (exact) mass is 372 g/mol. The standard InChI is InChI=1S/C20H24N2O3S/c1-14(2)25-18-11-9-17(10-12-18)20(24)22-21-19(23)15(3)26-13-16-7-5-4-6-8-16/h4-12,14-15H,13H2,1-3H3,(H,21,23)(H,22,24). The third-order valence-electron chi connectivity index (χ3n) is 3.50. The van der Waals surface area contributed by atoms with Crippen molar-refractivity contribution in [1.82, 2.24) is 10.9 Å². The molecule has 0 aliphatic carbocycles. The molecule has 0 radical (unpaired) electrons. The minimum absolute atomic E-state index is 0.0730. The van der Waals surface area contributed by atoms with E-state index < -0.39 is 0 Å². The van der Waals surface area contributed by atoms with Crippen LogP contribution in [0, 0.1) is 0 Å². The zero-order valence-corrected chi connectivity index (χ0v) is 16.0. The van der Waals surface area contributed by atoms with Crippen molar-refractivity contribution >= 4 is 23.6 Å². The summed E-state index contributed by atoms with van der Waals surface area (Å²) in [5, 5.41) is -0.280. The van der Waals surface area contributed by atoms with Crippen LogP contribution in [-0.4, -0.2) is 23.2 Å². The Hall–Kier alpha value is -2.47. The minimum Gasteiger partial charge on any atom is -0.491 e. The largest absolute Gasteiger partial charge is 0.491 e. The minimum atomic E-state index is -0.366. The van der Waals surface area contributed by atoms with Crippen LogP contribution in [0.3, 0.4) is 0 Å². The van der Waals surface area contributed by atoms with Gasteiger partial charge >= 0.3 is 0 Å². The molecule has 2 aromatic rings. The van der Waals surface area contributed by atoms with Crippen LogP contribution in [0.4, 0.5) is 0 Å². The quantitative estimate of drug-likeness (QED) is 0.730. The lowest BCUT2D eigenvalue weighted by molar-refractivity contribution is -0.121. The molecule has 0 aliphatic heterocycles. The predicted molar refractivity (Wildman–Crippen MR) is 105 cm³/mol. The molecule has 1 atom stereocenters. The number of nitrogens with one attached hydrogen (secondary N) is 2. The van der Waals surface area contributed by atoms with Crippen LogP contribution in [0.2, 0.25) is 0 Å². The molecule has 0 aromatic heterocycles. The molecular formula is C20H24N2O3S. The molecule has 0 fully saturated rings. The summed E-state index contributed by atoms with van der Waals surface area (Å²) in [5.41, 5.74) is 6.53. The maximum absolute atomic E-state index is 12.1. The maximum atomic E-state index is 12.1. The topological polar surface area (TPSA) is 67.4 Å². The van der Waals surface area contributed by atoms with Crippen LogP contribution in [-0.2, 0) is 10.5 Å². The molecule has 0 saturated carbocycles. The van der Waals surface area contributed by atoms with E-state index in [1.54, 1.807) is 24.3 Å². The molecule has 26 heavy (non-hydrogen) atoms. The number of carbonyl (C=O) groups excluding carboxylic acids is 2. The first kappa shape index (κ1) is 19.8. The van der Waals surface area contributed by atoms with E-state index in [2.05, 4.69) is 10.9 Å². The molecule has 2 N–H and O–H groups in total. The number of benzene rings is 2. The van der Waals surface area contributed by atoms with Gasteiger partial charge in [-0.2, -0.15) is 0 Å². The molecule has 6 heteroatoms. The normalized spacial score (nSPS) is 11.7. The SMILES string of the molecule is CC(C)Oc1ccc(C(=O)NNC(=O)C(C)SCc2ccccc2)cc1. The summed E-state index contributed by atoms with van der Waals surface area (Å²) in [6.45, 7) is 5.69. The van der Waals surface area contributed by atoms with Crippen molar-refractivity contribution in [1.29, 1.82) is 0 Å². The van der Waals surface area contributed by atoms with E-state index in [9.17, 15) is 9.59 Å². The first-order chi connectivity index (χ1) is 12.5. The molecule has 0 spiro atoms. The highest BCUT2D eigenvalue weighted by atomic mass is 32.2. The second kappa shape index (κ2) is 9.87. The maximum Gasteiger partial charge on any atom is 0.269 e. The lowest BCUT2D eigenvalue weighted by Gasteiger charge is -2.13. The number of hydrogen-bond donors (Lipinski definition) is 2. The summed E-state index contributed by atoms with van der Waals surface area (Å²) < 4.78 is 5.54. The first-order valence-electron chi connectivity index (χ1n) is 8.48. The summed E-state index contributed by atoms with van der Waals surface area (Å²) in [7, 11) is 0. The van der Waals surface area contributed by atoms with Crippen molar-refractivity contribution in [2.24, 2.45) is 0 Å². The molecule has 1 unspecified atom stereocenters. The van der Waals surface area contributed by atoms with Crippen molar-refractivity contribution in [2.75, 3.05) is 0 Å². The zero-order valence-electron chi connectivity index (χ0n) is 15.2. The van der Waals surface area contributed by atoms with E-state index >= 15 is 0 Å². The third kappa shape index (κ3) is 6.44. The van der Waals surface area contributed by atoms with E-state index in [0.29, 0.717) is 11.3 Å². The third-order valence-corrected chi connectivity index (χ3v) is 4.71. The highest BCUT2D eigenvalue weighted by Crippen LogP contribution is 2.17. The van der Waals surface area contributed by atoms with Crippen molar-refractivity contribution in [3.63, 3.8) is 0 Å². The smallest absolute Gasteiger partial charge is 0.269 e. The summed E-state index contributed by atoms with van der Waals surface area (Å²) in [6, 6.07) is 16.7. The van der Waals surface area contributed by atoms with Crippen molar-refractivity contribution in [3.8, 4) is 5.75 Å².